The van der Waals surface area contributed by atoms with Crippen molar-refractivity contribution in [1.82, 2.24) is 14.8 Å². The van der Waals surface area contributed by atoms with Gasteiger partial charge in [-0.1, -0.05) is 29.4 Å². The summed E-state index contributed by atoms with van der Waals surface area (Å²) in [6.45, 7) is 4.11. The van der Waals surface area contributed by atoms with Crippen LogP contribution in [0.15, 0.2) is 60.3 Å². The van der Waals surface area contributed by atoms with Crippen molar-refractivity contribution < 1.29 is 14.1 Å². The van der Waals surface area contributed by atoms with Crippen molar-refractivity contribution in [3.63, 3.8) is 0 Å². The average Bonchev–Trinajstić information content (AvgIpc) is 3.11. The Kier molecular flexibility index (Phi) is 6.80. The van der Waals surface area contributed by atoms with Gasteiger partial charge in [-0.05, 0) is 36.4 Å². The first-order chi connectivity index (χ1) is 14.4. The minimum atomic E-state index is -0.624. The third-order valence-electron chi connectivity index (χ3n) is 3.89. The molecule has 3 aromatic rings. The molecule has 0 unspecified atom stereocenters. The lowest BCUT2D eigenvalue weighted by Crippen LogP contribution is -2.14. The quantitative estimate of drug-likeness (QED) is 0.235. The average molecular weight is 448 g/mol. The third kappa shape index (κ3) is 5.02. The number of carbonyl (C=O) groups is 1. The number of nitrogens with one attached hydrogen (secondary N) is 1. The van der Waals surface area contributed by atoms with Gasteiger partial charge >= 0.3 is 0 Å². The fourth-order valence-electron chi connectivity index (χ4n) is 2.56. The molecule has 0 aliphatic heterocycles. The van der Waals surface area contributed by atoms with Gasteiger partial charge in [0.25, 0.3) is 5.69 Å². The van der Waals surface area contributed by atoms with E-state index in [1.54, 1.807) is 22.8 Å². The third-order valence-corrected chi connectivity index (χ3v) is 5.18. The second-order valence-corrected chi connectivity index (χ2v) is 7.32. The standard InChI is InChI=1S/C19H15ClFN5O3S/c1-2-9-25-18(12-3-5-13(21)6-4-12)23-24-19(25)30-11-17(27)22-14-7-8-15(20)16(10-14)26(28)29/h2-8,10H,1,9,11H2,(H,22,27). The number of aromatic nitrogens is 3. The zero-order valence-electron chi connectivity index (χ0n) is 15.4. The summed E-state index contributed by atoms with van der Waals surface area (Å²) in [6, 6.07) is 9.85. The molecule has 0 bridgehead atoms. The first kappa shape index (κ1) is 21.5. The van der Waals surface area contributed by atoms with Crippen LogP contribution >= 0.6 is 23.4 Å². The lowest BCUT2D eigenvalue weighted by atomic mass is 10.2. The van der Waals surface area contributed by atoms with Gasteiger partial charge in [0.2, 0.25) is 5.91 Å². The largest absolute Gasteiger partial charge is 0.325 e. The first-order valence-corrected chi connectivity index (χ1v) is 9.92. The Bertz CT molecular complexity index is 1100. The van der Waals surface area contributed by atoms with Gasteiger partial charge in [-0.3, -0.25) is 19.5 Å². The van der Waals surface area contributed by atoms with Gasteiger partial charge in [0, 0.05) is 23.9 Å². The topological polar surface area (TPSA) is 103 Å². The maximum atomic E-state index is 13.2. The molecule has 0 saturated heterocycles. The number of carbonyl (C=O) groups excluding carboxylic acids is 1. The number of allylic oxidation sites excluding steroid dienone is 1. The summed E-state index contributed by atoms with van der Waals surface area (Å²) in [7, 11) is 0. The number of rotatable bonds is 8. The highest BCUT2D eigenvalue weighted by Crippen LogP contribution is 2.28. The summed E-state index contributed by atoms with van der Waals surface area (Å²) in [5.41, 5.74) is 0.642. The number of amides is 1. The van der Waals surface area contributed by atoms with Crippen LogP contribution in [0.4, 0.5) is 15.8 Å². The number of hydrogen-bond acceptors (Lipinski definition) is 6. The molecule has 0 radical (unpaired) electrons. The number of halogens is 2. The molecule has 2 aromatic carbocycles. The fourth-order valence-corrected chi connectivity index (χ4v) is 3.49. The van der Waals surface area contributed by atoms with E-state index in [0.29, 0.717) is 23.1 Å². The molecule has 1 aromatic heterocycles. The second-order valence-electron chi connectivity index (χ2n) is 5.97. The van der Waals surface area contributed by atoms with Crippen molar-refractivity contribution in [1.29, 1.82) is 0 Å². The molecule has 30 heavy (non-hydrogen) atoms. The summed E-state index contributed by atoms with van der Waals surface area (Å²) in [5.74, 6) is -0.226. The van der Waals surface area contributed by atoms with E-state index < -0.39 is 4.92 Å². The van der Waals surface area contributed by atoms with Gasteiger partial charge in [0.05, 0.1) is 10.7 Å². The molecule has 154 valence electrons. The van der Waals surface area contributed by atoms with Crippen molar-refractivity contribution in [3.8, 4) is 11.4 Å². The molecular weight excluding hydrogens is 433 g/mol. The van der Waals surface area contributed by atoms with Gasteiger partial charge in [-0.15, -0.1) is 16.8 Å². The van der Waals surface area contributed by atoms with Crippen LogP contribution in [0.2, 0.25) is 5.02 Å². The van der Waals surface area contributed by atoms with Crippen LogP contribution in [0, 0.1) is 15.9 Å². The molecule has 0 atom stereocenters. The molecule has 0 aliphatic carbocycles. The van der Waals surface area contributed by atoms with Crippen LogP contribution in [0.1, 0.15) is 0 Å². The van der Waals surface area contributed by atoms with E-state index >= 15 is 0 Å². The molecular formula is C19H15ClFN5O3S. The predicted octanol–water partition coefficient (Wildman–Crippen LogP) is 4.56. The lowest BCUT2D eigenvalue weighted by molar-refractivity contribution is -0.384. The van der Waals surface area contributed by atoms with Crippen molar-refractivity contribution in [2.45, 2.75) is 11.7 Å². The minimum Gasteiger partial charge on any atom is -0.325 e. The Hall–Kier alpha value is -3.24. The number of anilines is 1. The van der Waals surface area contributed by atoms with Crippen LogP contribution in [-0.4, -0.2) is 31.3 Å². The number of hydrogen-bond donors (Lipinski definition) is 1. The Morgan fingerprint density at radius 3 is 2.70 bits per heavy atom. The van der Waals surface area contributed by atoms with E-state index in [9.17, 15) is 19.3 Å². The van der Waals surface area contributed by atoms with Crippen LogP contribution in [0.25, 0.3) is 11.4 Å². The summed E-state index contributed by atoms with van der Waals surface area (Å²) in [5, 5.41) is 22.3. The summed E-state index contributed by atoms with van der Waals surface area (Å²) in [6.07, 6.45) is 1.66. The summed E-state index contributed by atoms with van der Waals surface area (Å²) >= 11 is 6.91. The molecule has 1 N–H and O–H groups in total. The predicted molar refractivity (Wildman–Crippen MR) is 113 cm³/mol. The van der Waals surface area contributed by atoms with E-state index in [-0.39, 0.29) is 33.9 Å². The normalized spacial score (nSPS) is 10.6. The smallest absolute Gasteiger partial charge is 0.289 e. The monoisotopic (exact) mass is 447 g/mol. The highest BCUT2D eigenvalue weighted by Gasteiger charge is 2.17. The number of nitro benzene ring substituents is 1. The molecule has 1 heterocycles. The molecule has 0 spiro atoms. The van der Waals surface area contributed by atoms with Gasteiger partial charge in [-0.2, -0.15) is 0 Å². The van der Waals surface area contributed by atoms with Crippen molar-refractivity contribution in [2.24, 2.45) is 0 Å². The van der Waals surface area contributed by atoms with Crippen molar-refractivity contribution in [3.05, 3.63) is 76.1 Å². The SMILES string of the molecule is C=CCn1c(SCC(=O)Nc2ccc(Cl)c([N+](=O)[O-])c2)nnc1-c1ccc(F)cc1. The van der Waals surface area contributed by atoms with Crippen molar-refractivity contribution in [2.75, 3.05) is 11.1 Å². The Morgan fingerprint density at radius 2 is 2.03 bits per heavy atom. The van der Waals surface area contributed by atoms with E-state index in [4.69, 9.17) is 11.6 Å². The van der Waals surface area contributed by atoms with Crippen molar-refractivity contribution >= 4 is 40.6 Å². The maximum absolute atomic E-state index is 13.2. The van der Waals surface area contributed by atoms with E-state index in [1.807, 2.05) is 0 Å². The zero-order chi connectivity index (χ0) is 21.7. The lowest BCUT2D eigenvalue weighted by Gasteiger charge is -2.08. The molecule has 0 aliphatic rings. The molecule has 1 amide bonds. The number of thioether (sulfide) groups is 1. The molecule has 0 saturated carbocycles. The van der Waals surface area contributed by atoms with Crippen LogP contribution in [-0.2, 0) is 11.3 Å². The van der Waals surface area contributed by atoms with Crippen LogP contribution in [0.5, 0.6) is 0 Å². The Morgan fingerprint density at radius 1 is 1.30 bits per heavy atom. The Labute approximate surface area is 179 Å². The Balaban J connectivity index is 1.71. The van der Waals surface area contributed by atoms with E-state index in [0.717, 1.165) is 11.8 Å². The summed E-state index contributed by atoms with van der Waals surface area (Å²) in [4.78, 5) is 22.6. The number of benzene rings is 2. The fraction of sp³-hybridized carbons (Fsp3) is 0.105. The van der Waals surface area contributed by atoms with Gasteiger partial charge < -0.3 is 5.32 Å². The van der Waals surface area contributed by atoms with E-state index in [2.05, 4.69) is 22.1 Å². The van der Waals surface area contributed by atoms with Crippen LogP contribution < -0.4 is 5.32 Å². The van der Waals surface area contributed by atoms with Crippen LogP contribution in [0.3, 0.4) is 0 Å². The molecule has 8 nitrogen and oxygen atoms in total. The van der Waals surface area contributed by atoms with Gasteiger partial charge in [-0.25, -0.2) is 4.39 Å². The molecule has 0 fully saturated rings. The maximum Gasteiger partial charge on any atom is 0.289 e. The highest BCUT2D eigenvalue weighted by atomic mass is 35.5. The van der Waals surface area contributed by atoms with E-state index in [1.165, 1.54) is 30.3 Å². The second kappa shape index (κ2) is 9.51. The molecule has 3 rings (SSSR count). The zero-order valence-corrected chi connectivity index (χ0v) is 17.0. The number of nitro groups is 1. The first-order valence-electron chi connectivity index (χ1n) is 8.55. The van der Waals surface area contributed by atoms with Gasteiger partial charge in [0.15, 0.2) is 11.0 Å². The minimum absolute atomic E-state index is 0.00484. The highest BCUT2D eigenvalue weighted by molar-refractivity contribution is 7.99. The summed E-state index contributed by atoms with van der Waals surface area (Å²) < 4.78 is 14.9. The number of nitrogens with zero attached hydrogens (tertiary/aromatic N) is 4. The van der Waals surface area contributed by atoms with Gasteiger partial charge in [0.1, 0.15) is 10.8 Å². The molecule has 11 heteroatoms.